The fourth-order valence-electron chi connectivity index (χ4n) is 3.43. The first-order valence-electron chi connectivity index (χ1n) is 16.8. The van der Waals surface area contributed by atoms with E-state index in [9.17, 15) is 22.8 Å². The summed E-state index contributed by atoms with van der Waals surface area (Å²) in [5.74, 6) is 0.240. The molecule has 18 heteroatoms. The van der Waals surface area contributed by atoms with Gasteiger partial charge in [0.25, 0.3) is 0 Å². The van der Waals surface area contributed by atoms with Crippen molar-refractivity contribution in [1.29, 1.82) is 0 Å². The molecule has 0 radical (unpaired) electrons. The highest BCUT2D eigenvalue weighted by molar-refractivity contribution is 8.71. The van der Waals surface area contributed by atoms with Crippen LogP contribution < -0.4 is 16.0 Å². The Morgan fingerprint density at radius 1 is 0.531 bits per heavy atom. The number of carbonyl (C=O) groups is 3. The second-order valence-corrected chi connectivity index (χ2v) is 16.1. The smallest absolute Gasteiger partial charge is 0.407 e. The molecule has 0 aliphatic carbocycles. The van der Waals surface area contributed by atoms with E-state index in [0.717, 1.165) is 17.0 Å². The molecule has 0 spiro atoms. The normalized spacial score (nSPS) is 11.8. The van der Waals surface area contributed by atoms with Crippen LogP contribution in [0.4, 0.5) is 4.79 Å². The van der Waals surface area contributed by atoms with Crippen LogP contribution in [0.25, 0.3) is 0 Å². The van der Waals surface area contributed by atoms with E-state index in [4.69, 9.17) is 37.9 Å². The summed E-state index contributed by atoms with van der Waals surface area (Å²) in [5.41, 5.74) is -0.527. The van der Waals surface area contributed by atoms with Crippen molar-refractivity contribution in [3.8, 4) is 0 Å². The van der Waals surface area contributed by atoms with Crippen LogP contribution in [-0.4, -0.2) is 156 Å². The topological polar surface area (TPSA) is 195 Å². The van der Waals surface area contributed by atoms with Crippen LogP contribution in [0.1, 0.15) is 52.9 Å². The molecule has 0 rings (SSSR count). The Bertz CT molecular complexity index is 938. The Kier molecular flexibility index (Phi) is 31.0. The summed E-state index contributed by atoms with van der Waals surface area (Å²) < 4.78 is 65.2. The number of hydrogen-bond donors (Lipinski definition) is 3. The van der Waals surface area contributed by atoms with Gasteiger partial charge in [-0.15, -0.1) is 0 Å². The van der Waals surface area contributed by atoms with E-state index in [1.165, 1.54) is 0 Å². The molecule has 3 amide bonds. The van der Waals surface area contributed by atoms with Crippen LogP contribution in [0.5, 0.6) is 0 Å². The second-order valence-electron chi connectivity index (χ2n) is 11.5. The fraction of sp³-hybridized carbons (Fsp3) is 0.903. The van der Waals surface area contributed by atoms with E-state index in [1.54, 1.807) is 20.8 Å². The molecule has 0 aromatic carbocycles. The lowest BCUT2D eigenvalue weighted by atomic mass is 10.2. The van der Waals surface area contributed by atoms with Crippen molar-refractivity contribution in [1.82, 2.24) is 16.0 Å². The van der Waals surface area contributed by atoms with Gasteiger partial charge in [-0.3, -0.25) is 9.59 Å². The first kappa shape index (κ1) is 47.2. The molecule has 0 fully saturated rings. The van der Waals surface area contributed by atoms with Crippen molar-refractivity contribution in [3.05, 3.63) is 0 Å². The number of amides is 3. The van der Waals surface area contributed by atoms with Crippen molar-refractivity contribution in [3.63, 3.8) is 0 Å². The average molecular weight is 748 g/mol. The van der Waals surface area contributed by atoms with E-state index in [0.29, 0.717) is 144 Å². The molecule has 0 aromatic heterocycles. The molecule has 0 saturated heterocycles. The van der Waals surface area contributed by atoms with Gasteiger partial charge >= 0.3 is 6.09 Å². The van der Waals surface area contributed by atoms with Gasteiger partial charge in [0.05, 0.1) is 79.3 Å². The molecule has 290 valence electrons. The molecule has 0 aliphatic rings. The van der Waals surface area contributed by atoms with E-state index < -0.39 is 20.6 Å². The maximum Gasteiger partial charge on any atom is 0.407 e. The molecule has 0 unspecified atom stereocenters. The zero-order chi connectivity index (χ0) is 36.5. The quantitative estimate of drug-likeness (QED) is 0.0633. The van der Waals surface area contributed by atoms with E-state index >= 15 is 0 Å². The molecule has 0 atom stereocenters. The highest BCUT2D eigenvalue weighted by atomic mass is 33.1. The molecule has 0 aliphatic heterocycles. The molecule has 0 heterocycles. The first-order valence-corrected chi connectivity index (χ1v) is 20.2. The van der Waals surface area contributed by atoms with Gasteiger partial charge in [0.2, 0.25) is 11.8 Å². The summed E-state index contributed by atoms with van der Waals surface area (Å²) in [7, 11) is -2.20. The maximum absolute atomic E-state index is 11.9. The summed E-state index contributed by atoms with van der Waals surface area (Å²) in [6.07, 6.45) is 3.16. The molecule has 3 N–H and O–H groups in total. The van der Waals surface area contributed by atoms with Gasteiger partial charge in [0, 0.05) is 57.7 Å². The van der Waals surface area contributed by atoms with Crippen molar-refractivity contribution in [2.75, 3.05) is 124 Å². The average Bonchev–Trinajstić information content (AvgIpc) is 3.01. The minimum Gasteiger partial charge on any atom is -0.444 e. The van der Waals surface area contributed by atoms with Gasteiger partial charge in [-0.25, -0.2) is 13.2 Å². The van der Waals surface area contributed by atoms with E-state index in [2.05, 4.69) is 16.0 Å². The molecule has 49 heavy (non-hydrogen) atoms. The SMILES string of the molecule is CC(C)(C)OC(=O)NCCOCCOCCOCCOCCC(=O)NCCCOCCOCCOCCCNC(=O)CCCSS(C)(=O)=O. The molecule has 0 bridgehead atoms. The summed E-state index contributed by atoms with van der Waals surface area (Å²) in [4.78, 5) is 35.1. The van der Waals surface area contributed by atoms with Crippen LogP contribution in [0.3, 0.4) is 0 Å². The molecular formula is C31H61N3O13S2. The highest BCUT2D eigenvalue weighted by Gasteiger charge is 2.15. The lowest BCUT2D eigenvalue weighted by Gasteiger charge is -2.19. The number of hydrogen-bond acceptors (Lipinski definition) is 14. The largest absolute Gasteiger partial charge is 0.444 e. The summed E-state index contributed by atoms with van der Waals surface area (Å²) in [5, 5.41) is 8.23. The Balaban J connectivity index is 3.27. The van der Waals surface area contributed by atoms with Crippen LogP contribution in [0, 0.1) is 0 Å². The van der Waals surface area contributed by atoms with E-state index in [1.807, 2.05) is 0 Å². The highest BCUT2D eigenvalue weighted by Crippen LogP contribution is 2.11. The van der Waals surface area contributed by atoms with Crippen molar-refractivity contribution in [2.45, 2.75) is 58.5 Å². The first-order chi connectivity index (χ1) is 23.4. The summed E-state index contributed by atoms with van der Waals surface area (Å²) in [6, 6.07) is 0. The summed E-state index contributed by atoms with van der Waals surface area (Å²) in [6.45, 7) is 12.8. The lowest BCUT2D eigenvalue weighted by molar-refractivity contribution is -0.122. The Labute approximate surface area is 296 Å². The van der Waals surface area contributed by atoms with Gasteiger partial charge in [-0.2, -0.15) is 0 Å². The Hall–Kier alpha value is -1.77. The van der Waals surface area contributed by atoms with Crippen LogP contribution in [0.15, 0.2) is 0 Å². The van der Waals surface area contributed by atoms with Crippen molar-refractivity contribution < 1.29 is 60.7 Å². The van der Waals surface area contributed by atoms with Crippen LogP contribution in [0.2, 0.25) is 0 Å². The van der Waals surface area contributed by atoms with Gasteiger partial charge in [0.15, 0.2) is 8.87 Å². The predicted octanol–water partition coefficient (Wildman–Crippen LogP) is 1.50. The van der Waals surface area contributed by atoms with Crippen LogP contribution in [-0.2, 0) is 56.4 Å². The monoisotopic (exact) mass is 747 g/mol. The van der Waals surface area contributed by atoms with Crippen molar-refractivity contribution in [2.24, 2.45) is 0 Å². The lowest BCUT2D eigenvalue weighted by Crippen LogP contribution is -2.34. The number of ether oxygens (including phenoxy) is 8. The van der Waals surface area contributed by atoms with Crippen molar-refractivity contribution >= 4 is 37.6 Å². The third kappa shape index (κ3) is 40.5. The Morgan fingerprint density at radius 2 is 0.939 bits per heavy atom. The Morgan fingerprint density at radius 3 is 1.39 bits per heavy atom. The minimum absolute atomic E-state index is 0.0796. The number of alkyl carbamates (subject to hydrolysis) is 1. The fourth-order valence-corrected chi connectivity index (χ4v) is 5.26. The van der Waals surface area contributed by atoms with Gasteiger partial charge < -0.3 is 53.8 Å². The van der Waals surface area contributed by atoms with E-state index in [-0.39, 0.29) is 18.2 Å². The standard InChI is InChI=1S/C31H61N3O13S2/c1-31(2,3)47-30(37)34-12-16-43-20-24-46-26-25-45-23-19-42-15-9-29(36)33-11-7-14-41-18-22-44-21-17-40-13-6-10-32-28(35)8-5-27-48-49(4,38)39/h5-27H2,1-4H3,(H,32,35)(H,33,36)(H,34,37). The maximum atomic E-state index is 11.9. The third-order valence-electron chi connectivity index (χ3n) is 5.67. The third-order valence-corrected chi connectivity index (χ3v) is 8.34. The van der Waals surface area contributed by atoms with Crippen LogP contribution >= 0.6 is 10.8 Å². The van der Waals surface area contributed by atoms with Gasteiger partial charge in [-0.1, -0.05) is 0 Å². The molecular weight excluding hydrogens is 686 g/mol. The number of nitrogens with one attached hydrogen (secondary N) is 3. The summed E-state index contributed by atoms with van der Waals surface area (Å²) >= 11 is 0. The minimum atomic E-state index is -3.06. The zero-order valence-electron chi connectivity index (χ0n) is 29.9. The zero-order valence-corrected chi connectivity index (χ0v) is 31.5. The van der Waals surface area contributed by atoms with Gasteiger partial charge in [0.1, 0.15) is 5.60 Å². The molecule has 0 saturated carbocycles. The van der Waals surface area contributed by atoms with Gasteiger partial charge in [-0.05, 0) is 50.8 Å². The predicted molar refractivity (Wildman–Crippen MR) is 186 cm³/mol. The second kappa shape index (κ2) is 32.2. The number of rotatable bonds is 34. The molecule has 16 nitrogen and oxygen atoms in total. The number of carbonyl (C=O) groups excluding carboxylic acids is 3. The molecule has 0 aromatic rings.